The molecular formula is C15H30N4. The van der Waals surface area contributed by atoms with Gasteiger partial charge in [0.2, 0.25) is 0 Å². The SMILES string of the molecule is CC.CC.Cc1cn(C)nc1C.Cc1cnn(C)c1. The Morgan fingerprint density at radius 1 is 0.842 bits per heavy atom. The van der Waals surface area contributed by atoms with E-state index in [0.29, 0.717) is 0 Å². The van der Waals surface area contributed by atoms with Gasteiger partial charge in [-0.2, -0.15) is 10.2 Å². The molecule has 0 fully saturated rings. The van der Waals surface area contributed by atoms with Crippen molar-refractivity contribution in [3.05, 3.63) is 35.4 Å². The second kappa shape index (κ2) is 11.5. The van der Waals surface area contributed by atoms with Gasteiger partial charge in [-0.15, -0.1) is 0 Å². The molecule has 0 radical (unpaired) electrons. The summed E-state index contributed by atoms with van der Waals surface area (Å²) in [6.45, 7) is 14.1. The van der Waals surface area contributed by atoms with Crippen molar-refractivity contribution in [2.24, 2.45) is 14.1 Å². The Labute approximate surface area is 118 Å². The molecule has 2 rings (SSSR count). The summed E-state index contributed by atoms with van der Waals surface area (Å²) in [4.78, 5) is 0. The van der Waals surface area contributed by atoms with Crippen LogP contribution in [0.15, 0.2) is 18.6 Å². The van der Waals surface area contributed by atoms with Crippen molar-refractivity contribution in [1.29, 1.82) is 0 Å². The molecule has 2 heterocycles. The third-order valence-electron chi connectivity index (χ3n) is 2.09. The molecule has 0 amide bonds. The highest BCUT2D eigenvalue weighted by atomic mass is 15.2. The molecule has 0 atom stereocenters. The van der Waals surface area contributed by atoms with Crippen molar-refractivity contribution in [1.82, 2.24) is 19.6 Å². The summed E-state index contributed by atoms with van der Waals surface area (Å²) in [5.41, 5.74) is 3.59. The number of aromatic nitrogens is 4. The van der Waals surface area contributed by atoms with E-state index in [1.807, 2.05) is 78.9 Å². The molecule has 0 aliphatic carbocycles. The van der Waals surface area contributed by atoms with Gasteiger partial charge in [0.1, 0.15) is 0 Å². The summed E-state index contributed by atoms with van der Waals surface area (Å²) in [6.07, 6.45) is 5.81. The summed E-state index contributed by atoms with van der Waals surface area (Å²) < 4.78 is 3.61. The lowest BCUT2D eigenvalue weighted by atomic mass is 10.3. The molecule has 2 aromatic heterocycles. The second-order valence-electron chi connectivity index (χ2n) is 3.76. The Hall–Kier alpha value is -1.58. The van der Waals surface area contributed by atoms with Crippen LogP contribution in [-0.4, -0.2) is 19.6 Å². The van der Waals surface area contributed by atoms with Gasteiger partial charge in [0.15, 0.2) is 0 Å². The smallest absolute Gasteiger partial charge is 0.0622 e. The number of rotatable bonds is 0. The maximum Gasteiger partial charge on any atom is 0.0622 e. The Bertz CT molecular complexity index is 391. The van der Waals surface area contributed by atoms with Crippen LogP contribution in [0, 0.1) is 20.8 Å². The summed E-state index contributed by atoms with van der Waals surface area (Å²) in [5, 5.41) is 8.06. The minimum absolute atomic E-state index is 1.12. The maximum absolute atomic E-state index is 4.13. The Morgan fingerprint density at radius 3 is 1.47 bits per heavy atom. The van der Waals surface area contributed by atoms with E-state index in [1.54, 1.807) is 4.68 Å². The number of aryl methyl sites for hydroxylation is 5. The minimum atomic E-state index is 1.12. The van der Waals surface area contributed by atoms with E-state index < -0.39 is 0 Å². The lowest BCUT2D eigenvalue weighted by Gasteiger charge is -1.79. The number of hydrogen-bond acceptors (Lipinski definition) is 2. The second-order valence-corrected chi connectivity index (χ2v) is 3.76. The summed E-state index contributed by atoms with van der Waals surface area (Å²) in [7, 11) is 3.84. The van der Waals surface area contributed by atoms with Gasteiger partial charge in [-0.05, 0) is 31.9 Å². The quantitative estimate of drug-likeness (QED) is 0.726. The first-order valence-corrected chi connectivity index (χ1v) is 6.91. The first kappa shape index (κ1) is 19.8. The Morgan fingerprint density at radius 2 is 1.37 bits per heavy atom. The zero-order valence-electron chi connectivity index (χ0n) is 14.0. The molecule has 19 heavy (non-hydrogen) atoms. The highest BCUT2D eigenvalue weighted by Gasteiger charge is 1.92. The van der Waals surface area contributed by atoms with Crippen molar-refractivity contribution >= 4 is 0 Å². The molecule has 2 aromatic rings. The molecule has 110 valence electrons. The van der Waals surface area contributed by atoms with Crippen LogP contribution < -0.4 is 0 Å². The standard InChI is InChI=1S/C6H10N2.C5H8N2.2C2H6/c1-5-4-8(3)7-6(5)2;1-5-3-6-7(2)4-5;2*1-2/h4H,1-3H3;3-4H,1-2H3;2*1-2H3. The average molecular weight is 266 g/mol. The molecule has 0 N–H and O–H groups in total. The summed E-state index contributed by atoms with van der Waals surface area (Å²) >= 11 is 0. The highest BCUT2D eigenvalue weighted by molar-refractivity contribution is 5.11. The molecular weight excluding hydrogens is 236 g/mol. The average Bonchev–Trinajstić information content (AvgIpc) is 2.91. The van der Waals surface area contributed by atoms with E-state index in [-0.39, 0.29) is 0 Å². The lowest BCUT2D eigenvalue weighted by molar-refractivity contribution is 0.756. The molecule has 0 saturated carbocycles. The zero-order chi connectivity index (χ0) is 15.4. The molecule has 0 unspecified atom stereocenters. The first-order chi connectivity index (χ1) is 8.99. The van der Waals surface area contributed by atoms with Gasteiger partial charge in [0.05, 0.1) is 11.9 Å². The number of hydrogen-bond donors (Lipinski definition) is 0. The van der Waals surface area contributed by atoms with E-state index in [0.717, 1.165) is 5.69 Å². The van der Waals surface area contributed by atoms with E-state index >= 15 is 0 Å². The van der Waals surface area contributed by atoms with Crippen molar-refractivity contribution < 1.29 is 0 Å². The van der Waals surface area contributed by atoms with Crippen LogP contribution >= 0.6 is 0 Å². The van der Waals surface area contributed by atoms with Crippen LogP contribution in [0.2, 0.25) is 0 Å². The van der Waals surface area contributed by atoms with E-state index in [4.69, 9.17) is 0 Å². The Balaban J connectivity index is 0. The molecule has 4 nitrogen and oxygen atoms in total. The van der Waals surface area contributed by atoms with Gasteiger partial charge >= 0.3 is 0 Å². The monoisotopic (exact) mass is 266 g/mol. The predicted octanol–water partition coefficient (Wildman–Crippen LogP) is 3.82. The van der Waals surface area contributed by atoms with Gasteiger partial charge < -0.3 is 0 Å². The van der Waals surface area contributed by atoms with E-state index in [1.165, 1.54) is 11.1 Å². The maximum atomic E-state index is 4.13. The molecule has 4 heteroatoms. The fourth-order valence-electron chi connectivity index (χ4n) is 1.26. The van der Waals surface area contributed by atoms with Crippen LogP contribution in [0.5, 0.6) is 0 Å². The van der Waals surface area contributed by atoms with Crippen LogP contribution in [0.25, 0.3) is 0 Å². The van der Waals surface area contributed by atoms with Crippen molar-refractivity contribution in [2.45, 2.75) is 48.5 Å². The fourth-order valence-corrected chi connectivity index (χ4v) is 1.26. The number of nitrogens with zero attached hydrogens (tertiary/aromatic N) is 4. The molecule has 0 aliphatic rings. The Kier molecular flexibility index (Phi) is 12.0. The lowest BCUT2D eigenvalue weighted by Crippen LogP contribution is -1.86. The van der Waals surface area contributed by atoms with Crippen molar-refractivity contribution in [2.75, 3.05) is 0 Å². The van der Waals surface area contributed by atoms with Crippen LogP contribution in [0.4, 0.5) is 0 Å². The van der Waals surface area contributed by atoms with Crippen LogP contribution in [0.1, 0.15) is 44.5 Å². The fraction of sp³-hybridized carbons (Fsp3) is 0.600. The third kappa shape index (κ3) is 9.05. The van der Waals surface area contributed by atoms with Gasteiger partial charge in [-0.25, -0.2) is 0 Å². The molecule has 0 aromatic carbocycles. The molecule has 0 bridgehead atoms. The normalized spacial score (nSPS) is 8.26. The minimum Gasteiger partial charge on any atom is -0.276 e. The topological polar surface area (TPSA) is 35.6 Å². The first-order valence-electron chi connectivity index (χ1n) is 6.91. The summed E-state index contributed by atoms with van der Waals surface area (Å²) in [6, 6.07) is 0. The summed E-state index contributed by atoms with van der Waals surface area (Å²) in [5.74, 6) is 0. The molecule has 0 aliphatic heterocycles. The molecule has 0 saturated heterocycles. The van der Waals surface area contributed by atoms with E-state index in [2.05, 4.69) is 17.1 Å². The zero-order valence-corrected chi connectivity index (χ0v) is 14.0. The highest BCUT2D eigenvalue weighted by Crippen LogP contribution is 1.99. The van der Waals surface area contributed by atoms with Crippen LogP contribution in [-0.2, 0) is 14.1 Å². The van der Waals surface area contributed by atoms with E-state index in [9.17, 15) is 0 Å². The van der Waals surface area contributed by atoms with Gasteiger partial charge in [-0.1, -0.05) is 27.7 Å². The van der Waals surface area contributed by atoms with Crippen molar-refractivity contribution in [3.63, 3.8) is 0 Å². The van der Waals surface area contributed by atoms with Gasteiger partial charge in [0, 0.05) is 26.5 Å². The van der Waals surface area contributed by atoms with Crippen LogP contribution in [0.3, 0.4) is 0 Å². The molecule has 0 spiro atoms. The van der Waals surface area contributed by atoms with Gasteiger partial charge in [0.25, 0.3) is 0 Å². The predicted molar refractivity (Wildman–Crippen MR) is 83.3 cm³/mol. The largest absolute Gasteiger partial charge is 0.276 e. The van der Waals surface area contributed by atoms with Crippen molar-refractivity contribution in [3.8, 4) is 0 Å². The van der Waals surface area contributed by atoms with Gasteiger partial charge in [-0.3, -0.25) is 9.36 Å². The third-order valence-corrected chi connectivity index (χ3v) is 2.09.